The molecule has 0 radical (unpaired) electrons. The summed E-state index contributed by atoms with van der Waals surface area (Å²) in [6.07, 6.45) is 3.00. The third kappa shape index (κ3) is 4.07. The average Bonchev–Trinajstić information content (AvgIpc) is 3.48. The largest absolute Gasteiger partial charge is 0.493 e. The van der Waals surface area contributed by atoms with E-state index in [4.69, 9.17) is 9.47 Å². The monoisotopic (exact) mass is 455 g/mol. The number of nitrogens with one attached hydrogen (secondary N) is 2. The Balaban J connectivity index is 1.42. The number of aromatic amines is 1. The zero-order valence-corrected chi connectivity index (χ0v) is 19.5. The zero-order valence-electron chi connectivity index (χ0n) is 19.5. The second-order valence-electron chi connectivity index (χ2n) is 8.53. The van der Waals surface area contributed by atoms with Crippen molar-refractivity contribution in [3.8, 4) is 11.5 Å². The van der Waals surface area contributed by atoms with Crippen molar-refractivity contribution in [2.45, 2.75) is 12.3 Å². The van der Waals surface area contributed by atoms with Crippen molar-refractivity contribution in [2.24, 2.45) is 0 Å². The Morgan fingerprint density at radius 3 is 2.68 bits per heavy atom. The number of hydrogen-bond acceptors (Lipinski definition) is 4. The lowest BCUT2D eigenvalue weighted by Gasteiger charge is -2.23. The summed E-state index contributed by atoms with van der Waals surface area (Å²) in [5.74, 6) is 1.24. The Morgan fingerprint density at radius 1 is 1.00 bits per heavy atom. The number of nitrogens with zero attached hydrogens (tertiary/aromatic N) is 1. The fourth-order valence-corrected chi connectivity index (χ4v) is 4.97. The lowest BCUT2D eigenvalue weighted by molar-refractivity contribution is -0.119. The molecule has 1 amide bonds. The van der Waals surface area contributed by atoms with Crippen LogP contribution >= 0.6 is 0 Å². The van der Waals surface area contributed by atoms with Crippen LogP contribution in [-0.2, 0) is 11.2 Å². The smallest absolute Gasteiger partial charge is 0.239 e. The highest BCUT2D eigenvalue weighted by molar-refractivity contribution is 5.85. The number of carbonyl (C=O) groups excluding carboxylic acids is 1. The summed E-state index contributed by atoms with van der Waals surface area (Å²) in [6, 6.07) is 22.4. The summed E-state index contributed by atoms with van der Waals surface area (Å²) >= 11 is 0. The fraction of sp³-hybridized carbons (Fsp3) is 0.250. The molecule has 1 atom stereocenters. The number of carbonyl (C=O) groups is 1. The van der Waals surface area contributed by atoms with E-state index in [0.29, 0.717) is 24.6 Å². The molecule has 6 heteroatoms. The first-order chi connectivity index (χ1) is 16.7. The Labute approximate surface area is 199 Å². The molecule has 0 aliphatic carbocycles. The number of ether oxygens (including phenoxy) is 2. The predicted molar refractivity (Wildman–Crippen MR) is 135 cm³/mol. The van der Waals surface area contributed by atoms with Gasteiger partial charge in [0.15, 0.2) is 11.5 Å². The topological polar surface area (TPSA) is 66.6 Å². The zero-order chi connectivity index (χ0) is 23.5. The molecule has 6 nitrogen and oxygen atoms in total. The molecule has 0 fully saturated rings. The van der Waals surface area contributed by atoms with E-state index >= 15 is 0 Å². The maximum absolute atomic E-state index is 13.0. The number of amides is 1. The average molecular weight is 456 g/mol. The van der Waals surface area contributed by atoms with Gasteiger partial charge in [0.1, 0.15) is 0 Å². The summed E-state index contributed by atoms with van der Waals surface area (Å²) < 4.78 is 11.3. The van der Waals surface area contributed by atoms with Gasteiger partial charge in [-0.05, 0) is 35.7 Å². The highest BCUT2D eigenvalue weighted by Gasteiger charge is 2.25. The molecule has 3 aromatic carbocycles. The molecule has 1 aliphatic heterocycles. The highest BCUT2D eigenvalue weighted by atomic mass is 16.5. The van der Waals surface area contributed by atoms with Crippen LogP contribution in [0.25, 0.3) is 10.9 Å². The van der Waals surface area contributed by atoms with E-state index in [9.17, 15) is 4.79 Å². The number of aromatic nitrogens is 1. The van der Waals surface area contributed by atoms with Crippen molar-refractivity contribution in [1.82, 2.24) is 10.3 Å². The highest BCUT2D eigenvalue weighted by Crippen LogP contribution is 2.40. The van der Waals surface area contributed by atoms with Crippen LogP contribution in [0.3, 0.4) is 0 Å². The van der Waals surface area contributed by atoms with Crippen LogP contribution < -0.4 is 19.7 Å². The quantitative estimate of drug-likeness (QED) is 0.411. The molecule has 4 aromatic rings. The van der Waals surface area contributed by atoms with Crippen molar-refractivity contribution >= 4 is 22.5 Å². The molecule has 1 aliphatic rings. The van der Waals surface area contributed by atoms with Gasteiger partial charge in [-0.2, -0.15) is 0 Å². The molecule has 2 heterocycles. The van der Waals surface area contributed by atoms with Gasteiger partial charge in [-0.3, -0.25) is 4.79 Å². The van der Waals surface area contributed by atoms with Crippen LogP contribution in [0.4, 0.5) is 5.69 Å². The first-order valence-electron chi connectivity index (χ1n) is 11.6. The third-order valence-corrected chi connectivity index (χ3v) is 6.63. The van der Waals surface area contributed by atoms with Gasteiger partial charge in [0, 0.05) is 47.4 Å². The first-order valence-corrected chi connectivity index (χ1v) is 11.6. The minimum absolute atomic E-state index is 0.00315. The lowest BCUT2D eigenvalue weighted by Crippen LogP contribution is -2.38. The second kappa shape index (κ2) is 9.51. The fourth-order valence-electron chi connectivity index (χ4n) is 4.97. The molecule has 5 rings (SSSR count). The van der Waals surface area contributed by atoms with Crippen molar-refractivity contribution < 1.29 is 14.3 Å². The van der Waals surface area contributed by atoms with Gasteiger partial charge in [-0.25, -0.2) is 0 Å². The number of fused-ring (bicyclic) bond motifs is 2. The van der Waals surface area contributed by atoms with Gasteiger partial charge < -0.3 is 24.7 Å². The van der Waals surface area contributed by atoms with Crippen LogP contribution in [0.15, 0.2) is 72.9 Å². The minimum Gasteiger partial charge on any atom is -0.493 e. The Kier molecular flexibility index (Phi) is 6.12. The normalized spacial score (nSPS) is 13.5. The van der Waals surface area contributed by atoms with Gasteiger partial charge in [0.2, 0.25) is 5.91 Å². The van der Waals surface area contributed by atoms with Crippen LogP contribution in [-0.4, -0.2) is 44.7 Å². The number of rotatable bonds is 8. The van der Waals surface area contributed by atoms with Crippen molar-refractivity contribution in [1.29, 1.82) is 0 Å². The molecule has 2 N–H and O–H groups in total. The summed E-state index contributed by atoms with van der Waals surface area (Å²) in [5, 5.41) is 4.31. The van der Waals surface area contributed by atoms with E-state index in [2.05, 4.69) is 45.5 Å². The molecule has 0 saturated carbocycles. The Morgan fingerprint density at radius 2 is 1.82 bits per heavy atom. The number of benzene rings is 3. The molecule has 34 heavy (non-hydrogen) atoms. The van der Waals surface area contributed by atoms with E-state index in [1.807, 2.05) is 42.6 Å². The SMILES string of the molecule is COc1cccc([C@@H](CNC(=O)CN2CCc3ccccc32)c2c[nH]c3ccccc23)c1OC. The van der Waals surface area contributed by atoms with Crippen LogP contribution in [0.5, 0.6) is 11.5 Å². The number of hydrogen-bond donors (Lipinski definition) is 2. The molecule has 0 unspecified atom stereocenters. The number of anilines is 1. The Bertz CT molecular complexity index is 1310. The first kappa shape index (κ1) is 21.9. The van der Waals surface area contributed by atoms with E-state index in [-0.39, 0.29) is 11.8 Å². The summed E-state index contributed by atoms with van der Waals surface area (Å²) in [6.45, 7) is 1.65. The second-order valence-corrected chi connectivity index (χ2v) is 8.53. The molecule has 1 aromatic heterocycles. The number of para-hydroxylation sites is 3. The van der Waals surface area contributed by atoms with Crippen LogP contribution in [0.1, 0.15) is 22.6 Å². The standard InChI is InChI=1S/C28H29N3O3/c1-33-26-13-7-10-21(28(26)34-2)23(22-16-29-24-11-5-4-9-20(22)24)17-30-27(32)18-31-15-14-19-8-3-6-12-25(19)31/h3-13,16,23,29H,14-15,17-18H2,1-2H3,(H,30,32)/t23-/m1/s1. The molecule has 0 spiro atoms. The summed E-state index contributed by atoms with van der Waals surface area (Å²) in [4.78, 5) is 18.6. The van der Waals surface area contributed by atoms with E-state index < -0.39 is 0 Å². The van der Waals surface area contributed by atoms with Crippen molar-refractivity contribution in [2.75, 3.05) is 38.8 Å². The van der Waals surface area contributed by atoms with Gasteiger partial charge in [0.25, 0.3) is 0 Å². The van der Waals surface area contributed by atoms with E-state index in [1.165, 1.54) is 5.56 Å². The van der Waals surface area contributed by atoms with Gasteiger partial charge in [-0.1, -0.05) is 48.5 Å². The minimum atomic E-state index is -0.115. The maximum atomic E-state index is 13.0. The third-order valence-electron chi connectivity index (χ3n) is 6.63. The lowest BCUT2D eigenvalue weighted by atomic mass is 9.90. The Hall–Kier alpha value is -3.93. The molecular formula is C28H29N3O3. The van der Waals surface area contributed by atoms with Crippen LogP contribution in [0.2, 0.25) is 0 Å². The number of methoxy groups -OCH3 is 2. The predicted octanol–water partition coefficient (Wildman–Crippen LogP) is 4.50. The van der Waals surface area contributed by atoms with E-state index in [1.54, 1.807) is 14.2 Å². The van der Waals surface area contributed by atoms with E-state index in [0.717, 1.165) is 40.7 Å². The van der Waals surface area contributed by atoms with Crippen molar-refractivity contribution in [3.05, 3.63) is 89.6 Å². The molecule has 174 valence electrons. The summed E-state index contributed by atoms with van der Waals surface area (Å²) in [5.41, 5.74) is 5.59. The maximum Gasteiger partial charge on any atom is 0.239 e. The summed E-state index contributed by atoms with van der Waals surface area (Å²) in [7, 11) is 3.29. The molecule has 0 bridgehead atoms. The van der Waals surface area contributed by atoms with Gasteiger partial charge in [-0.15, -0.1) is 0 Å². The van der Waals surface area contributed by atoms with Gasteiger partial charge in [0.05, 0.1) is 20.8 Å². The molecule has 0 saturated heterocycles. The van der Waals surface area contributed by atoms with Crippen molar-refractivity contribution in [3.63, 3.8) is 0 Å². The van der Waals surface area contributed by atoms with Gasteiger partial charge >= 0.3 is 0 Å². The molecular weight excluding hydrogens is 426 g/mol. The number of H-pyrrole nitrogens is 1. The van der Waals surface area contributed by atoms with Crippen LogP contribution in [0, 0.1) is 0 Å².